The van der Waals surface area contributed by atoms with Crippen LogP contribution in [-0.2, 0) is 9.59 Å². The first-order chi connectivity index (χ1) is 8.52. The Bertz CT molecular complexity index is 339. The number of fused-ring (bicyclic) bond motifs is 1. The number of carboxylic acid groups (broad SMARTS) is 2. The number of hydrogen-bond acceptors (Lipinski definition) is 2. The Hall–Kier alpha value is -1.06. The molecule has 0 aliphatic heterocycles. The Balaban J connectivity index is 2.06. The molecule has 5 atom stereocenters. The third kappa shape index (κ3) is 2.52. The zero-order chi connectivity index (χ0) is 13.3. The Kier molecular flexibility index (Phi) is 3.93. The first-order valence-corrected chi connectivity index (χ1v) is 6.98. The van der Waals surface area contributed by atoms with Crippen molar-refractivity contribution in [3.05, 3.63) is 0 Å². The van der Waals surface area contributed by atoms with Crippen molar-refractivity contribution >= 4 is 11.9 Å². The van der Waals surface area contributed by atoms with Crippen LogP contribution in [0.3, 0.4) is 0 Å². The van der Waals surface area contributed by atoms with Crippen LogP contribution < -0.4 is 0 Å². The van der Waals surface area contributed by atoms with E-state index in [4.69, 9.17) is 5.11 Å². The van der Waals surface area contributed by atoms with Gasteiger partial charge in [0.25, 0.3) is 0 Å². The number of carboxylic acids is 2. The van der Waals surface area contributed by atoms with Crippen LogP contribution in [0.1, 0.15) is 45.4 Å². The highest BCUT2D eigenvalue weighted by molar-refractivity contribution is 5.71. The number of rotatable bonds is 3. The topological polar surface area (TPSA) is 74.6 Å². The minimum Gasteiger partial charge on any atom is -0.481 e. The van der Waals surface area contributed by atoms with Gasteiger partial charge in [-0.15, -0.1) is 0 Å². The van der Waals surface area contributed by atoms with Crippen LogP contribution in [0.15, 0.2) is 0 Å². The molecule has 18 heavy (non-hydrogen) atoms. The minimum absolute atomic E-state index is 0.251. The molecule has 0 aromatic carbocycles. The van der Waals surface area contributed by atoms with E-state index in [2.05, 4.69) is 6.92 Å². The summed E-state index contributed by atoms with van der Waals surface area (Å²) in [7, 11) is 0. The van der Waals surface area contributed by atoms with Gasteiger partial charge in [-0.3, -0.25) is 9.59 Å². The van der Waals surface area contributed by atoms with E-state index in [-0.39, 0.29) is 17.8 Å². The fourth-order valence-electron chi connectivity index (χ4n) is 3.98. The maximum absolute atomic E-state index is 11.3. The molecule has 102 valence electrons. The fourth-order valence-corrected chi connectivity index (χ4v) is 3.98. The van der Waals surface area contributed by atoms with Gasteiger partial charge in [-0.25, -0.2) is 0 Å². The molecule has 5 unspecified atom stereocenters. The molecule has 2 aliphatic rings. The van der Waals surface area contributed by atoms with Gasteiger partial charge in [0.2, 0.25) is 0 Å². The summed E-state index contributed by atoms with van der Waals surface area (Å²) >= 11 is 0. The van der Waals surface area contributed by atoms with Crippen molar-refractivity contribution in [3.8, 4) is 0 Å². The summed E-state index contributed by atoms with van der Waals surface area (Å²) < 4.78 is 0. The van der Waals surface area contributed by atoms with E-state index >= 15 is 0 Å². The van der Waals surface area contributed by atoms with E-state index in [0.29, 0.717) is 24.7 Å². The zero-order valence-corrected chi connectivity index (χ0v) is 10.8. The molecular weight excluding hydrogens is 232 g/mol. The van der Waals surface area contributed by atoms with Crippen LogP contribution in [-0.4, -0.2) is 22.2 Å². The van der Waals surface area contributed by atoms with E-state index in [1.54, 1.807) is 0 Å². The van der Waals surface area contributed by atoms with E-state index in [1.165, 1.54) is 0 Å². The summed E-state index contributed by atoms with van der Waals surface area (Å²) in [6.45, 7) is 2.06. The van der Waals surface area contributed by atoms with Gasteiger partial charge in [0.1, 0.15) is 0 Å². The number of hydrogen-bond donors (Lipinski definition) is 2. The number of aliphatic carboxylic acids is 2. The molecule has 2 fully saturated rings. The van der Waals surface area contributed by atoms with Crippen molar-refractivity contribution in [2.24, 2.45) is 29.6 Å². The van der Waals surface area contributed by atoms with Crippen molar-refractivity contribution < 1.29 is 19.8 Å². The molecule has 0 amide bonds. The van der Waals surface area contributed by atoms with Crippen molar-refractivity contribution in [2.75, 3.05) is 0 Å². The molecular formula is C14H22O4. The quantitative estimate of drug-likeness (QED) is 0.811. The fraction of sp³-hybridized carbons (Fsp3) is 0.857. The molecule has 2 saturated carbocycles. The smallest absolute Gasteiger partial charge is 0.306 e. The van der Waals surface area contributed by atoms with E-state index in [9.17, 15) is 14.7 Å². The molecule has 2 N–H and O–H groups in total. The second-order valence-electron chi connectivity index (χ2n) is 5.95. The normalized spacial score (nSPS) is 39.9. The van der Waals surface area contributed by atoms with Crippen LogP contribution in [0.2, 0.25) is 0 Å². The molecule has 4 nitrogen and oxygen atoms in total. The van der Waals surface area contributed by atoms with Gasteiger partial charge >= 0.3 is 11.9 Å². The summed E-state index contributed by atoms with van der Waals surface area (Å²) in [4.78, 5) is 22.3. The highest BCUT2D eigenvalue weighted by atomic mass is 16.4. The summed E-state index contributed by atoms with van der Waals surface area (Å²) in [6, 6.07) is 0. The molecule has 0 bridgehead atoms. The van der Waals surface area contributed by atoms with Crippen molar-refractivity contribution in [2.45, 2.75) is 45.4 Å². The first kappa shape index (κ1) is 13.4. The lowest BCUT2D eigenvalue weighted by Crippen LogP contribution is -2.40. The molecule has 0 heterocycles. The van der Waals surface area contributed by atoms with Crippen LogP contribution >= 0.6 is 0 Å². The second kappa shape index (κ2) is 5.29. The van der Waals surface area contributed by atoms with Crippen molar-refractivity contribution in [1.29, 1.82) is 0 Å². The first-order valence-electron chi connectivity index (χ1n) is 6.98. The highest BCUT2D eigenvalue weighted by Gasteiger charge is 2.43. The van der Waals surface area contributed by atoms with Gasteiger partial charge in [0.15, 0.2) is 0 Å². The van der Waals surface area contributed by atoms with Gasteiger partial charge in [-0.05, 0) is 49.9 Å². The highest BCUT2D eigenvalue weighted by Crippen LogP contribution is 2.47. The average Bonchev–Trinajstić information content (AvgIpc) is 2.36. The van der Waals surface area contributed by atoms with Gasteiger partial charge in [-0.2, -0.15) is 0 Å². The molecule has 0 spiro atoms. The maximum Gasteiger partial charge on any atom is 0.306 e. The largest absolute Gasteiger partial charge is 0.481 e. The standard InChI is InChI=1S/C14H22O4/c1-2-8-5-9-3-4-10(13(15)16)6-11(9)7-12(8)14(17)18/h8-12H,2-7H2,1H3,(H,15,16)(H,17,18). The molecule has 0 saturated heterocycles. The minimum atomic E-state index is -0.710. The second-order valence-corrected chi connectivity index (χ2v) is 5.95. The SMILES string of the molecule is CCC1CC2CCC(C(=O)O)CC2CC1C(=O)O. The molecule has 0 aromatic rings. The van der Waals surface area contributed by atoms with Crippen molar-refractivity contribution in [1.82, 2.24) is 0 Å². The average molecular weight is 254 g/mol. The Labute approximate surface area is 107 Å². The summed E-state index contributed by atoms with van der Waals surface area (Å²) in [5.41, 5.74) is 0. The molecule has 4 heteroatoms. The van der Waals surface area contributed by atoms with Crippen molar-refractivity contribution in [3.63, 3.8) is 0 Å². The predicted octanol–water partition coefficient (Wildman–Crippen LogP) is 2.62. The lowest BCUT2D eigenvalue weighted by atomic mass is 9.61. The van der Waals surface area contributed by atoms with Crippen LogP contribution in [0.4, 0.5) is 0 Å². The van der Waals surface area contributed by atoms with Crippen LogP contribution in [0, 0.1) is 29.6 Å². The lowest BCUT2D eigenvalue weighted by molar-refractivity contribution is -0.148. The van der Waals surface area contributed by atoms with Gasteiger partial charge in [0, 0.05) is 0 Å². The molecule has 0 radical (unpaired) electrons. The van der Waals surface area contributed by atoms with Crippen LogP contribution in [0.25, 0.3) is 0 Å². The summed E-state index contributed by atoms with van der Waals surface area (Å²) in [5.74, 6) is -0.770. The maximum atomic E-state index is 11.3. The van der Waals surface area contributed by atoms with E-state index < -0.39 is 11.9 Å². The van der Waals surface area contributed by atoms with Gasteiger partial charge < -0.3 is 10.2 Å². The van der Waals surface area contributed by atoms with Gasteiger partial charge in [-0.1, -0.05) is 13.3 Å². The van der Waals surface area contributed by atoms with E-state index in [0.717, 1.165) is 25.7 Å². The molecule has 2 aliphatic carbocycles. The third-order valence-corrected chi connectivity index (χ3v) is 5.06. The molecule has 0 aromatic heterocycles. The van der Waals surface area contributed by atoms with Gasteiger partial charge in [0.05, 0.1) is 11.8 Å². The Morgan fingerprint density at radius 1 is 1.00 bits per heavy atom. The molecule has 2 rings (SSSR count). The Morgan fingerprint density at radius 2 is 1.72 bits per heavy atom. The third-order valence-electron chi connectivity index (χ3n) is 5.06. The zero-order valence-electron chi connectivity index (χ0n) is 10.8. The van der Waals surface area contributed by atoms with E-state index in [1.807, 2.05) is 0 Å². The summed E-state index contributed by atoms with van der Waals surface area (Å²) in [5, 5.41) is 18.4. The summed E-state index contributed by atoms with van der Waals surface area (Å²) in [6.07, 6.45) is 4.99. The number of carbonyl (C=O) groups is 2. The van der Waals surface area contributed by atoms with Crippen LogP contribution in [0.5, 0.6) is 0 Å². The monoisotopic (exact) mass is 254 g/mol. The Morgan fingerprint density at radius 3 is 2.28 bits per heavy atom. The predicted molar refractivity (Wildman–Crippen MR) is 66.1 cm³/mol. The lowest BCUT2D eigenvalue weighted by Gasteiger charge is -2.43.